The molecule has 2 rings (SSSR count). The zero-order valence-electron chi connectivity index (χ0n) is 18.4. The van der Waals surface area contributed by atoms with Crippen molar-refractivity contribution in [3.05, 3.63) is 48.5 Å². The first-order valence-corrected chi connectivity index (χ1v) is 12.4. The van der Waals surface area contributed by atoms with E-state index in [1.807, 2.05) is 24.3 Å². The molecule has 0 saturated carbocycles. The molecule has 0 aliphatic carbocycles. The van der Waals surface area contributed by atoms with Crippen LogP contribution in [0, 0.1) is 0 Å². The van der Waals surface area contributed by atoms with E-state index in [-0.39, 0.29) is 0 Å². The molecule has 0 amide bonds. The van der Waals surface area contributed by atoms with Crippen molar-refractivity contribution in [2.24, 2.45) is 0 Å². The van der Waals surface area contributed by atoms with Gasteiger partial charge in [0.05, 0.1) is 9.79 Å². The van der Waals surface area contributed by atoms with Crippen LogP contribution in [0.5, 0.6) is 0 Å². The molecule has 5 heteroatoms. The average molecular weight is 417 g/mol. The molecule has 29 heavy (non-hydrogen) atoms. The summed E-state index contributed by atoms with van der Waals surface area (Å²) < 4.78 is 26.1. The molecule has 0 spiro atoms. The first kappa shape index (κ1) is 23.3. The van der Waals surface area contributed by atoms with Crippen LogP contribution in [0.4, 0.5) is 11.4 Å². The minimum absolute atomic E-state index is 0.348. The fourth-order valence-corrected chi connectivity index (χ4v) is 4.89. The first-order valence-electron chi connectivity index (χ1n) is 10.9. The van der Waals surface area contributed by atoms with Crippen molar-refractivity contribution in [1.82, 2.24) is 0 Å². The van der Waals surface area contributed by atoms with Gasteiger partial charge in [-0.15, -0.1) is 0 Å². The number of sulfone groups is 1. The fraction of sp³-hybridized carbons (Fsp3) is 0.500. The van der Waals surface area contributed by atoms with E-state index in [2.05, 4.69) is 37.5 Å². The van der Waals surface area contributed by atoms with E-state index in [1.54, 1.807) is 24.3 Å². The van der Waals surface area contributed by atoms with E-state index < -0.39 is 9.84 Å². The van der Waals surface area contributed by atoms with E-state index in [9.17, 15) is 8.42 Å². The molecule has 0 heterocycles. The summed E-state index contributed by atoms with van der Waals surface area (Å²) in [7, 11) is -3.51. The number of nitrogens with zero attached hydrogens (tertiary/aromatic N) is 2. The Morgan fingerprint density at radius 2 is 0.828 bits per heavy atom. The average Bonchev–Trinajstić information content (AvgIpc) is 2.74. The molecule has 4 nitrogen and oxygen atoms in total. The Kier molecular flexibility index (Phi) is 9.02. The highest BCUT2D eigenvalue weighted by Gasteiger charge is 2.18. The Morgan fingerprint density at radius 3 is 1.07 bits per heavy atom. The second-order valence-electron chi connectivity index (χ2n) is 7.47. The summed E-state index contributed by atoms with van der Waals surface area (Å²) in [5.74, 6) is 0. The van der Waals surface area contributed by atoms with E-state index in [4.69, 9.17) is 0 Å². The van der Waals surface area contributed by atoms with Crippen molar-refractivity contribution >= 4 is 21.2 Å². The molecule has 2 aromatic carbocycles. The summed E-state index contributed by atoms with van der Waals surface area (Å²) in [6.07, 6.45) is 4.28. The summed E-state index contributed by atoms with van der Waals surface area (Å²) >= 11 is 0. The largest absolute Gasteiger partial charge is 0.372 e. The molecule has 0 radical (unpaired) electrons. The van der Waals surface area contributed by atoms with Gasteiger partial charge in [-0.2, -0.15) is 0 Å². The lowest BCUT2D eigenvalue weighted by molar-refractivity contribution is 0.596. The molecule has 0 aliphatic rings. The van der Waals surface area contributed by atoms with Gasteiger partial charge in [-0.1, -0.05) is 27.7 Å². The van der Waals surface area contributed by atoms with Gasteiger partial charge in [-0.25, -0.2) is 8.42 Å². The third-order valence-electron chi connectivity index (χ3n) is 5.00. The van der Waals surface area contributed by atoms with Crippen LogP contribution in [0.3, 0.4) is 0 Å². The molecule has 0 aliphatic heterocycles. The van der Waals surface area contributed by atoms with Crippen LogP contribution in [0.1, 0.15) is 53.4 Å². The monoisotopic (exact) mass is 416 g/mol. The molecular formula is C24H36N2O2S. The number of benzene rings is 2. The number of rotatable bonds is 12. The molecule has 0 fully saturated rings. The van der Waals surface area contributed by atoms with Crippen LogP contribution in [-0.2, 0) is 9.84 Å². The van der Waals surface area contributed by atoms with Crippen LogP contribution in [0.2, 0.25) is 0 Å². The van der Waals surface area contributed by atoms with Gasteiger partial charge in [0.25, 0.3) is 0 Å². The molecule has 0 atom stereocenters. The maximum Gasteiger partial charge on any atom is 0.206 e. The SMILES string of the molecule is CCCN(CCC)c1ccc(S(=O)(=O)c2ccc(N(CCC)CCC)cc2)cc1. The van der Waals surface area contributed by atoms with Crippen molar-refractivity contribution in [2.45, 2.75) is 63.2 Å². The fourth-order valence-electron chi connectivity index (χ4n) is 3.63. The van der Waals surface area contributed by atoms with Crippen molar-refractivity contribution in [3.63, 3.8) is 0 Å². The molecule has 160 valence electrons. The quantitative estimate of drug-likeness (QED) is 0.440. The standard InChI is InChI=1S/C24H36N2O2S/c1-5-17-25(18-6-2)21-9-13-23(14-10-21)29(27,28)24-15-11-22(12-16-24)26(19-7-3)20-8-4/h9-16H,5-8,17-20H2,1-4H3. The minimum Gasteiger partial charge on any atom is -0.372 e. The highest BCUT2D eigenvalue weighted by Crippen LogP contribution is 2.26. The van der Waals surface area contributed by atoms with Gasteiger partial charge in [0.2, 0.25) is 9.84 Å². The maximum absolute atomic E-state index is 13.1. The molecule has 0 saturated heterocycles. The Morgan fingerprint density at radius 1 is 0.552 bits per heavy atom. The van der Waals surface area contributed by atoms with Crippen molar-refractivity contribution in [3.8, 4) is 0 Å². The number of hydrogen-bond acceptors (Lipinski definition) is 4. The van der Waals surface area contributed by atoms with Gasteiger partial charge in [0.1, 0.15) is 0 Å². The Balaban J connectivity index is 2.23. The van der Waals surface area contributed by atoms with Crippen molar-refractivity contribution < 1.29 is 8.42 Å². The van der Waals surface area contributed by atoms with Gasteiger partial charge < -0.3 is 9.80 Å². The third kappa shape index (κ3) is 5.99. The predicted molar refractivity (Wildman–Crippen MR) is 124 cm³/mol. The number of hydrogen-bond donors (Lipinski definition) is 0. The third-order valence-corrected chi connectivity index (χ3v) is 6.78. The normalized spacial score (nSPS) is 11.4. The molecule has 0 N–H and O–H groups in total. The molecule has 0 aromatic heterocycles. The lowest BCUT2D eigenvalue weighted by Gasteiger charge is -2.24. The summed E-state index contributed by atoms with van der Waals surface area (Å²) in [6, 6.07) is 14.6. The lowest BCUT2D eigenvalue weighted by atomic mass is 10.2. The van der Waals surface area contributed by atoms with Crippen LogP contribution < -0.4 is 9.80 Å². The Bertz CT molecular complexity index is 753. The molecule has 2 aromatic rings. The minimum atomic E-state index is -3.51. The predicted octanol–water partition coefficient (Wildman–Crippen LogP) is 5.77. The van der Waals surface area contributed by atoms with E-state index in [1.165, 1.54) is 0 Å². The summed E-state index contributed by atoms with van der Waals surface area (Å²) in [5, 5.41) is 0. The Hall–Kier alpha value is -2.01. The van der Waals surface area contributed by atoms with Crippen molar-refractivity contribution in [1.29, 1.82) is 0 Å². The second-order valence-corrected chi connectivity index (χ2v) is 9.42. The van der Waals surface area contributed by atoms with Crippen LogP contribution >= 0.6 is 0 Å². The zero-order chi connectivity index (χ0) is 21.3. The summed E-state index contributed by atoms with van der Waals surface area (Å²) in [6.45, 7) is 12.6. The molecule has 0 bridgehead atoms. The molecule has 0 unspecified atom stereocenters. The van der Waals surface area contributed by atoms with Gasteiger partial charge in [0, 0.05) is 37.6 Å². The Labute approximate surface area is 177 Å². The first-order chi connectivity index (χ1) is 14.0. The maximum atomic E-state index is 13.1. The zero-order valence-corrected chi connectivity index (χ0v) is 19.2. The van der Waals surface area contributed by atoms with Crippen LogP contribution in [-0.4, -0.2) is 34.6 Å². The smallest absolute Gasteiger partial charge is 0.206 e. The van der Waals surface area contributed by atoms with E-state index in [0.717, 1.165) is 63.2 Å². The topological polar surface area (TPSA) is 40.6 Å². The summed E-state index contributed by atoms with van der Waals surface area (Å²) in [5.41, 5.74) is 2.16. The molecular weight excluding hydrogens is 380 g/mol. The van der Waals surface area contributed by atoms with Crippen molar-refractivity contribution in [2.75, 3.05) is 36.0 Å². The van der Waals surface area contributed by atoms with E-state index in [0.29, 0.717) is 9.79 Å². The van der Waals surface area contributed by atoms with E-state index >= 15 is 0 Å². The van der Waals surface area contributed by atoms with Gasteiger partial charge >= 0.3 is 0 Å². The summed E-state index contributed by atoms with van der Waals surface area (Å²) in [4.78, 5) is 5.31. The highest BCUT2D eigenvalue weighted by atomic mass is 32.2. The van der Waals surface area contributed by atoms with Crippen LogP contribution in [0.25, 0.3) is 0 Å². The number of anilines is 2. The van der Waals surface area contributed by atoms with Gasteiger partial charge in [0.15, 0.2) is 0 Å². The highest BCUT2D eigenvalue weighted by molar-refractivity contribution is 7.91. The van der Waals surface area contributed by atoms with Crippen LogP contribution in [0.15, 0.2) is 58.3 Å². The lowest BCUT2D eigenvalue weighted by Crippen LogP contribution is -2.24. The van der Waals surface area contributed by atoms with Gasteiger partial charge in [-0.3, -0.25) is 0 Å². The van der Waals surface area contributed by atoms with Gasteiger partial charge in [-0.05, 0) is 74.2 Å². The second kappa shape index (κ2) is 11.2.